The SMILES string of the molecule is [N-]=[N+]=NCC(O)C(O)c1ccc(C2CCNCC2)cc1. The topological polar surface area (TPSA) is 101 Å². The van der Waals surface area contributed by atoms with Gasteiger partial charge in [-0.1, -0.05) is 29.4 Å². The van der Waals surface area contributed by atoms with E-state index >= 15 is 0 Å². The third-order valence-electron chi connectivity index (χ3n) is 3.78. The highest BCUT2D eigenvalue weighted by molar-refractivity contribution is 5.27. The third-order valence-corrected chi connectivity index (χ3v) is 3.78. The molecule has 108 valence electrons. The van der Waals surface area contributed by atoms with Crippen LogP contribution in [0.2, 0.25) is 0 Å². The molecule has 20 heavy (non-hydrogen) atoms. The van der Waals surface area contributed by atoms with E-state index in [9.17, 15) is 10.2 Å². The van der Waals surface area contributed by atoms with Crippen molar-refractivity contribution in [3.8, 4) is 0 Å². The Bertz CT molecular complexity index is 465. The van der Waals surface area contributed by atoms with Gasteiger partial charge >= 0.3 is 0 Å². The highest BCUT2D eigenvalue weighted by Gasteiger charge is 2.19. The Hall–Kier alpha value is -1.59. The minimum Gasteiger partial charge on any atom is -0.390 e. The molecule has 0 saturated carbocycles. The van der Waals surface area contributed by atoms with E-state index in [1.165, 1.54) is 5.56 Å². The fourth-order valence-electron chi connectivity index (χ4n) is 2.56. The molecular formula is C14H20N4O2. The number of nitrogens with zero attached hydrogens (tertiary/aromatic N) is 3. The standard InChI is InChI=1S/C14H20N4O2/c15-18-17-9-13(19)14(20)12-3-1-10(2-4-12)11-5-7-16-8-6-11/h1-4,11,13-14,16,19-20H,5-9H2. The molecule has 6 heteroatoms. The van der Waals surface area contributed by atoms with E-state index in [-0.39, 0.29) is 6.54 Å². The minimum atomic E-state index is -1.07. The average Bonchev–Trinajstić information content (AvgIpc) is 2.53. The fraction of sp³-hybridized carbons (Fsp3) is 0.571. The summed E-state index contributed by atoms with van der Waals surface area (Å²) in [5.41, 5.74) is 10.1. The molecule has 0 spiro atoms. The minimum absolute atomic E-state index is 0.131. The lowest BCUT2D eigenvalue weighted by molar-refractivity contribution is 0.0244. The van der Waals surface area contributed by atoms with Crippen LogP contribution in [0, 0.1) is 0 Å². The van der Waals surface area contributed by atoms with Crippen LogP contribution in [0.25, 0.3) is 10.4 Å². The summed E-state index contributed by atoms with van der Waals surface area (Å²) in [5.74, 6) is 0.565. The van der Waals surface area contributed by atoms with Crippen LogP contribution in [-0.2, 0) is 0 Å². The smallest absolute Gasteiger partial charge is 0.105 e. The zero-order valence-electron chi connectivity index (χ0n) is 11.3. The molecule has 1 heterocycles. The number of hydrogen-bond donors (Lipinski definition) is 3. The van der Waals surface area contributed by atoms with Gasteiger partial charge in [-0.2, -0.15) is 0 Å². The summed E-state index contributed by atoms with van der Waals surface area (Å²) in [6.07, 6.45) is 0.154. The Kier molecular flexibility index (Phi) is 5.38. The Morgan fingerprint density at radius 3 is 2.50 bits per heavy atom. The van der Waals surface area contributed by atoms with Gasteiger partial charge in [-0.15, -0.1) is 0 Å². The number of benzene rings is 1. The highest BCUT2D eigenvalue weighted by Crippen LogP contribution is 2.27. The lowest BCUT2D eigenvalue weighted by Gasteiger charge is -2.23. The van der Waals surface area contributed by atoms with Crippen molar-refractivity contribution in [3.63, 3.8) is 0 Å². The molecule has 0 aromatic heterocycles. The van der Waals surface area contributed by atoms with Crippen molar-refractivity contribution in [2.45, 2.75) is 31.0 Å². The summed E-state index contributed by atoms with van der Waals surface area (Å²) in [6, 6.07) is 7.69. The molecule has 1 aromatic carbocycles. The molecule has 1 aromatic rings. The lowest BCUT2D eigenvalue weighted by atomic mass is 9.89. The van der Waals surface area contributed by atoms with Crippen molar-refractivity contribution < 1.29 is 10.2 Å². The second-order valence-corrected chi connectivity index (χ2v) is 5.12. The van der Waals surface area contributed by atoms with Crippen LogP contribution in [0.15, 0.2) is 29.4 Å². The number of aliphatic hydroxyl groups is 2. The fourth-order valence-corrected chi connectivity index (χ4v) is 2.56. The van der Waals surface area contributed by atoms with Crippen LogP contribution in [0.4, 0.5) is 0 Å². The molecule has 3 N–H and O–H groups in total. The van der Waals surface area contributed by atoms with Crippen LogP contribution in [0.3, 0.4) is 0 Å². The molecule has 1 saturated heterocycles. The average molecular weight is 276 g/mol. The van der Waals surface area contributed by atoms with E-state index in [1.807, 2.05) is 24.3 Å². The number of hydrogen-bond acceptors (Lipinski definition) is 4. The van der Waals surface area contributed by atoms with Gasteiger partial charge in [0.1, 0.15) is 6.10 Å². The molecular weight excluding hydrogens is 256 g/mol. The van der Waals surface area contributed by atoms with E-state index in [2.05, 4.69) is 15.3 Å². The summed E-state index contributed by atoms with van der Waals surface area (Å²) in [6.45, 7) is 1.95. The predicted octanol–water partition coefficient (Wildman–Crippen LogP) is 1.86. The van der Waals surface area contributed by atoms with Crippen LogP contribution in [0.1, 0.15) is 36.0 Å². The zero-order valence-corrected chi connectivity index (χ0v) is 11.3. The van der Waals surface area contributed by atoms with Gasteiger partial charge in [0.05, 0.1) is 12.6 Å². The molecule has 6 nitrogen and oxygen atoms in total. The van der Waals surface area contributed by atoms with Crippen molar-refractivity contribution >= 4 is 0 Å². The second kappa shape index (κ2) is 7.26. The Morgan fingerprint density at radius 1 is 1.25 bits per heavy atom. The molecule has 1 fully saturated rings. The molecule has 2 unspecified atom stereocenters. The van der Waals surface area contributed by atoms with Crippen molar-refractivity contribution in [1.82, 2.24) is 5.32 Å². The van der Waals surface area contributed by atoms with Gasteiger partial charge in [-0.3, -0.25) is 0 Å². The van der Waals surface area contributed by atoms with Gasteiger partial charge in [0.2, 0.25) is 0 Å². The van der Waals surface area contributed by atoms with Crippen LogP contribution >= 0.6 is 0 Å². The van der Waals surface area contributed by atoms with E-state index in [1.54, 1.807) is 0 Å². The van der Waals surface area contributed by atoms with Gasteiger partial charge in [0.25, 0.3) is 0 Å². The first-order chi connectivity index (χ1) is 9.72. The molecule has 2 atom stereocenters. The molecule has 0 bridgehead atoms. The molecule has 0 radical (unpaired) electrons. The molecule has 0 amide bonds. The number of piperidine rings is 1. The zero-order chi connectivity index (χ0) is 14.4. The third kappa shape index (κ3) is 3.71. The number of nitrogens with one attached hydrogen (secondary N) is 1. The van der Waals surface area contributed by atoms with Crippen LogP contribution < -0.4 is 5.32 Å². The first kappa shape index (κ1) is 14.8. The molecule has 1 aliphatic heterocycles. The maximum absolute atomic E-state index is 9.97. The number of azide groups is 1. The van der Waals surface area contributed by atoms with Gasteiger partial charge < -0.3 is 15.5 Å². The summed E-state index contributed by atoms with van der Waals surface area (Å²) in [4.78, 5) is 2.57. The van der Waals surface area contributed by atoms with E-state index in [4.69, 9.17) is 5.53 Å². The Labute approximate surface area is 118 Å². The summed E-state index contributed by atoms with van der Waals surface area (Å²) >= 11 is 0. The van der Waals surface area contributed by atoms with Crippen molar-refractivity contribution in [1.29, 1.82) is 0 Å². The number of rotatable bonds is 5. The second-order valence-electron chi connectivity index (χ2n) is 5.12. The van der Waals surface area contributed by atoms with Gasteiger partial charge in [0, 0.05) is 4.91 Å². The Balaban J connectivity index is 2.01. The first-order valence-electron chi connectivity index (χ1n) is 6.90. The van der Waals surface area contributed by atoms with Gasteiger partial charge in [-0.05, 0) is 48.5 Å². The summed E-state index contributed by atoms with van der Waals surface area (Å²) in [5, 5.41) is 26.3. The lowest BCUT2D eigenvalue weighted by Crippen LogP contribution is -2.26. The molecule has 0 aliphatic carbocycles. The van der Waals surface area contributed by atoms with E-state index < -0.39 is 12.2 Å². The van der Waals surface area contributed by atoms with E-state index in [0.29, 0.717) is 11.5 Å². The number of aliphatic hydroxyl groups excluding tert-OH is 2. The van der Waals surface area contributed by atoms with Crippen molar-refractivity contribution in [2.24, 2.45) is 5.11 Å². The van der Waals surface area contributed by atoms with Crippen molar-refractivity contribution in [3.05, 3.63) is 45.8 Å². The quantitative estimate of drug-likeness (QED) is 0.434. The molecule has 2 rings (SSSR count). The van der Waals surface area contributed by atoms with Gasteiger partial charge in [0.15, 0.2) is 0 Å². The Morgan fingerprint density at radius 2 is 1.90 bits per heavy atom. The monoisotopic (exact) mass is 276 g/mol. The predicted molar refractivity (Wildman–Crippen MR) is 76.3 cm³/mol. The van der Waals surface area contributed by atoms with Crippen LogP contribution in [0.5, 0.6) is 0 Å². The van der Waals surface area contributed by atoms with Crippen LogP contribution in [-0.4, -0.2) is 36.0 Å². The largest absolute Gasteiger partial charge is 0.390 e. The van der Waals surface area contributed by atoms with E-state index in [0.717, 1.165) is 25.9 Å². The summed E-state index contributed by atoms with van der Waals surface area (Å²) < 4.78 is 0. The first-order valence-corrected chi connectivity index (χ1v) is 6.90. The molecule has 1 aliphatic rings. The van der Waals surface area contributed by atoms with Gasteiger partial charge in [-0.25, -0.2) is 0 Å². The normalized spacial score (nSPS) is 19.1. The maximum atomic E-state index is 9.97. The maximum Gasteiger partial charge on any atom is 0.105 e. The summed E-state index contributed by atoms with van der Waals surface area (Å²) in [7, 11) is 0. The van der Waals surface area contributed by atoms with Crippen molar-refractivity contribution in [2.75, 3.05) is 19.6 Å². The highest BCUT2D eigenvalue weighted by atomic mass is 16.3.